The monoisotopic (exact) mass is 348 g/mol. The van der Waals surface area contributed by atoms with Crippen LogP contribution in [0.25, 0.3) is 0 Å². The molecule has 0 saturated carbocycles. The van der Waals surface area contributed by atoms with Crippen LogP contribution in [0.1, 0.15) is 16.8 Å². The van der Waals surface area contributed by atoms with Gasteiger partial charge in [0.05, 0.1) is 17.7 Å². The van der Waals surface area contributed by atoms with Crippen LogP contribution >= 0.6 is 11.6 Å². The fourth-order valence-corrected chi connectivity index (χ4v) is 2.26. The van der Waals surface area contributed by atoms with E-state index in [0.29, 0.717) is 24.0 Å². The van der Waals surface area contributed by atoms with Gasteiger partial charge in [-0.2, -0.15) is 0 Å². The van der Waals surface area contributed by atoms with Gasteiger partial charge in [0, 0.05) is 11.3 Å². The van der Waals surface area contributed by atoms with Crippen LogP contribution in [0.2, 0.25) is 5.02 Å². The van der Waals surface area contributed by atoms with Crippen molar-refractivity contribution >= 4 is 29.5 Å². The van der Waals surface area contributed by atoms with Crippen molar-refractivity contribution in [2.75, 3.05) is 19.0 Å². The van der Waals surface area contributed by atoms with Gasteiger partial charge in [0.15, 0.2) is 6.29 Å². The number of nitrogens with one attached hydrogen (secondary N) is 2. The Kier molecular flexibility index (Phi) is 8.71. The molecule has 1 atom stereocenters. The summed E-state index contributed by atoms with van der Waals surface area (Å²) in [6.07, 6.45) is 7.82. The van der Waals surface area contributed by atoms with Gasteiger partial charge in [-0.05, 0) is 37.2 Å². The molecule has 1 aromatic rings. The molecule has 0 aliphatic rings. The van der Waals surface area contributed by atoms with E-state index in [1.165, 1.54) is 6.07 Å². The summed E-state index contributed by atoms with van der Waals surface area (Å²) in [5, 5.41) is 14.9. The predicted molar refractivity (Wildman–Crippen MR) is 97.4 cm³/mol. The summed E-state index contributed by atoms with van der Waals surface area (Å²) in [6, 6.07) is 4.21. The molecule has 6 heteroatoms. The van der Waals surface area contributed by atoms with Crippen LogP contribution in [0, 0.1) is 0 Å². The van der Waals surface area contributed by atoms with E-state index < -0.39 is 6.04 Å². The van der Waals surface area contributed by atoms with Crippen molar-refractivity contribution in [3.8, 4) is 0 Å². The Morgan fingerprint density at radius 2 is 2.21 bits per heavy atom. The van der Waals surface area contributed by atoms with Gasteiger partial charge in [0.25, 0.3) is 0 Å². The standard InChI is InChI=1S/C18H21ClN2O3/c1-3-5-13(6-4-9-22)10-17(20-2)18(24)21-15-8-7-14(12-23)16(19)11-15/h3-8,11-12,17,20,22H,1,9-10H2,2H3,(H,21,24)/b6-4-,13-5+. The number of rotatable bonds is 9. The van der Waals surface area contributed by atoms with Crippen molar-refractivity contribution in [3.63, 3.8) is 0 Å². The molecule has 0 aliphatic heterocycles. The molecular formula is C18H21ClN2O3. The van der Waals surface area contributed by atoms with E-state index in [9.17, 15) is 9.59 Å². The Bertz CT molecular complexity index is 654. The number of anilines is 1. The minimum atomic E-state index is -0.482. The van der Waals surface area contributed by atoms with Crippen LogP contribution < -0.4 is 10.6 Å². The van der Waals surface area contributed by atoms with Crippen LogP contribution in [-0.2, 0) is 4.79 Å². The van der Waals surface area contributed by atoms with E-state index in [0.717, 1.165) is 5.57 Å². The molecule has 1 unspecified atom stereocenters. The molecule has 3 N–H and O–H groups in total. The molecule has 0 heterocycles. The first-order valence-corrected chi connectivity index (χ1v) is 7.75. The topological polar surface area (TPSA) is 78.4 Å². The molecular weight excluding hydrogens is 328 g/mol. The zero-order chi connectivity index (χ0) is 17.9. The summed E-state index contributed by atoms with van der Waals surface area (Å²) in [7, 11) is 1.69. The summed E-state index contributed by atoms with van der Waals surface area (Å²) in [6.45, 7) is 3.57. The average molecular weight is 349 g/mol. The van der Waals surface area contributed by atoms with E-state index in [1.807, 2.05) is 0 Å². The van der Waals surface area contributed by atoms with Crippen LogP contribution in [0.3, 0.4) is 0 Å². The molecule has 0 radical (unpaired) electrons. The van der Waals surface area contributed by atoms with Crippen molar-refractivity contribution in [1.29, 1.82) is 0 Å². The maximum Gasteiger partial charge on any atom is 0.241 e. The molecule has 0 fully saturated rings. The van der Waals surface area contributed by atoms with Crippen LogP contribution in [-0.4, -0.2) is 37.0 Å². The van der Waals surface area contributed by atoms with Crippen LogP contribution in [0.5, 0.6) is 0 Å². The normalized spacial score (nSPS) is 12.9. The largest absolute Gasteiger partial charge is 0.392 e. The highest BCUT2D eigenvalue weighted by molar-refractivity contribution is 6.33. The summed E-state index contributed by atoms with van der Waals surface area (Å²) < 4.78 is 0. The third kappa shape index (κ3) is 6.12. The number of halogens is 1. The van der Waals surface area contributed by atoms with Gasteiger partial charge in [-0.25, -0.2) is 0 Å². The van der Waals surface area contributed by atoms with Crippen LogP contribution in [0.4, 0.5) is 5.69 Å². The first-order chi connectivity index (χ1) is 11.5. The number of allylic oxidation sites excluding steroid dienone is 3. The third-order valence-electron chi connectivity index (χ3n) is 3.27. The number of hydrogen-bond acceptors (Lipinski definition) is 4. The molecule has 5 nitrogen and oxygen atoms in total. The quantitative estimate of drug-likeness (QED) is 0.473. The number of aliphatic hydroxyl groups excluding tert-OH is 1. The number of aldehydes is 1. The smallest absolute Gasteiger partial charge is 0.241 e. The summed E-state index contributed by atoms with van der Waals surface area (Å²) in [5.74, 6) is -0.236. The fourth-order valence-electron chi connectivity index (χ4n) is 2.04. The van der Waals surface area contributed by atoms with Gasteiger partial charge < -0.3 is 15.7 Å². The molecule has 0 aliphatic carbocycles. The molecule has 1 rings (SSSR count). The first kappa shape index (κ1) is 19.8. The van der Waals surface area contributed by atoms with Gasteiger partial charge in [-0.1, -0.05) is 42.5 Å². The maximum absolute atomic E-state index is 12.4. The van der Waals surface area contributed by atoms with E-state index in [-0.39, 0.29) is 17.5 Å². The van der Waals surface area contributed by atoms with Gasteiger partial charge in [0.2, 0.25) is 5.91 Å². The summed E-state index contributed by atoms with van der Waals surface area (Å²) >= 11 is 5.96. The van der Waals surface area contributed by atoms with Crippen molar-refractivity contribution in [2.24, 2.45) is 0 Å². The number of likely N-dealkylation sites (N-methyl/N-ethyl adjacent to an activating group) is 1. The zero-order valence-electron chi connectivity index (χ0n) is 13.5. The lowest BCUT2D eigenvalue weighted by Crippen LogP contribution is -2.38. The van der Waals surface area contributed by atoms with Crippen molar-refractivity contribution in [1.82, 2.24) is 5.32 Å². The van der Waals surface area contributed by atoms with Gasteiger partial charge in [-0.15, -0.1) is 0 Å². The lowest BCUT2D eigenvalue weighted by Gasteiger charge is -2.17. The number of hydrogen-bond donors (Lipinski definition) is 3. The third-order valence-corrected chi connectivity index (χ3v) is 3.60. The first-order valence-electron chi connectivity index (χ1n) is 7.37. The second-order valence-electron chi connectivity index (χ2n) is 4.95. The minimum absolute atomic E-state index is 0.0769. The number of aliphatic hydroxyl groups is 1. The van der Waals surface area contributed by atoms with Gasteiger partial charge >= 0.3 is 0 Å². The van der Waals surface area contributed by atoms with E-state index in [4.69, 9.17) is 16.7 Å². The lowest BCUT2D eigenvalue weighted by atomic mass is 10.0. The Hall–Kier alpha value is -2.21. The van der Waals surface area contributed by atoms with E-state index >= 15 is 0 Å². The van der Waals surface area contributed by atoms with Crippen molar-refractivity contribution in [3.05, 3.63) is 65.2 Å². The SMILES string of the molecule is C=C/C=C(\C=C/CO)CC(NC)C(=O)Nc1ccc(C=O)c(Cl)c1. The molecule has 0 bridgehead atoms. The van der Waals surface area contributed by atoms with Gasteiger partial charge in [0.1, 0.15) is 0 Å². The lowest BCUT2D eigenvalue weighted by molar-refractivity contribution is -0.118. The highest BCUT2D eigenvalue weighted by Gasteiger charge is 2.17. The highest BCUT2D eigenvalue weighted by atomic mass is 35.5. The maximum atomic E-state index is 12.4. The minimum Gasteiger partial charge on any atom is -0.392 e. The molecule has 0 aromatic heterocycles. The Morgan fingerprint density at radius 1 is 1.46 bits per heavy atom. The zero-order valence-corrected chi connectivity index (χ0v) is 14.2. The summed E-state index contributed by atoms with van der Waals surface area (Å²) in [5.41, 5.74) is 1.73. The average Bonchev–Trinajstić information content (AvgIpc) is 2.57. The molecule has 0 saturated heterocycles. The second kappa shape index (κ2) is 10.5. The molecule has 128 valence electrons. The molecule has 24 heavy (non-hydrogen) atoms. The summed E-state index contributed by atoms with van der Waals surface area (Å²) in [4.78, 5) is 23.2. The number of benzene rings is 1. The Balaban J connectivity index is 2.84. The number of amides is 1. The van der Waals surface area contributed by atoms with Crippen molar-refractivity contribution in [2.45, 2.75) is 12.5 Å². The van der Waals surface area contributed by atoms with E-state index in [1.54, 1.807) is 43.5 Å². The number of carbonyl (C=O) groups excluding carboxylic acids is 2. The Morgan fingerprint density at radius 3 is 2.75 bits per heavy atom. The Labute approximate surface area is 146 Å². The number of carbonyl (C=O) groups is 2. The molecule has 0 spiro atoms. The van der Waals surface area contributed by atoms with Gasteiger partial charge in [-0.3, -0.25) is 9.59 Å². The van der Waals surface area contributed by atoms with Crippen molar-refractivity contribution < 1.29 is 14.7 Å². The van der Waals surface area contributed by atoms with Crippen LogP contribution in [0.15, 0.2) is 54.7 Å². The fraction of sp³-hybridized carbons (Fsp3) is 0.222. The molecule has 1 amide bonds. The highest BCUT2D eigenvalue weighted by Crippen LogP contribution is 2.20. The second-order valence-corrected chi connectivity index (χ2v) is 5.36. The molecule has 1 aromatic carbocycles. The van der Waals surface area contributed by atoms with E-state index in [2.05, 4.69) is 17.2 Å². The predicted octanol–water partition coefficient (Wildman–Crippen LogP) is 2.73.